The fourth-order valence-corrected chi connectivity index (χ4v) is 9.10. The SMILES string of the molecule is CCCCCCCCCCC#CC#CCCCCCCC(CC(O)CO)(CC(O)CO)C(I)(I)C(=O)N(I)NC(=O)c1cccc(C(N)=O)c1. The van der Waals surface area contributed by atoms with E-state index in [9.17, 15) is 34.8 Å². The lowest BCUT2D eigenvalue weighted by atomic mass is 9.71. The molecule has 0 heterocycles. The predicted molar refractivity (Wildman–Crippen MR) is 222 cm³/mol. The molecule has 0 radical (unpaired) electrons. The number of hydrogen-bond acceptors (Lipinski definition) is 7. The van der Waals surface area contributed by atoms with Crippen LogP contribution in [-0.2, 0) is 4.79 Å². The van der Waals surface area contributed by atoms with Crippen LogP contribution in [0.2, 0.25) is 0 Å². The van der Waals surface area contributed by atoms with Crippen molar-refractivity contribution in [3.8, 4) is 23.7 Å². The largest absolute Gasteiger partial charge is 0.394 e. The molecule has 50 heavy (non-hydrogen) atoms. The summed E-state index contributed by atoms with van der Waals surface area (Å²) in [6.07, 6.45) is 13.0. The van der Waals surface area contributed by atoms with Crippen molar-refractivity contribution in [2.75, 3.05) is 13.2 Å². The Morgan fingerprint density at radius 3 is 1.80 bits per heavy atom. The first kappa shape index (κ1) is 46.8. The van der Waals surface area contributed by atoms with Gasteiger partial charge < -0.3 is 26.2 Å². The predicted octanol–water partition coefficient (Wildman–Crippen LogP) is 6.53. The minimum Gasteiger partial charge on any atom is -0.394 e. The van der Waals surface area contributed by atoms with E-state index >= 15 is 0 Å². The number of primary amides is 1. The van der Waals surface area contributed by atoms with Crippen molar-refractivity contribution in [3.63, 3.8) is 0 Å². The lowest BCUT2D eigenvalue weighted by Gasteiger charge is -2.46. The van der Waals surface area contributed by atoms with Crippen molar-refractivity contribution in [2.45, 2.75) is 130 Å². The first-order valence-corrected chi connectivity index (χ1v) is 20.6. The standard InChI is InChI=1S/C37H54I3N3O7/c1-2-3-4-5-6-7-8-9-10-11-12-13-14-15-16-17-18-19-23-36(25-31(46)27-44,26-32(47)28-45)37(38,39)35(50)43(40)42-34(49)30-22-20-21-29(24-30)33(41)48/h20-22,24,31-32,44-47H,2-10,15-19,23,25-28H2,1H3,(H2,41,48)(H,42,49). The van der Waals surface area contributed by atoms with Crippen molar-refractivity contribution in [1.82, 2.24) is 8.65 Å². The summed E-state index contributed by atoms with van der Waals surface area (Å²) in [7, 11) is 0. The summed E-state index contributed by atoms with van der Waals surface area (Å²) in [4.78, 5) is 38.5. The fourth-order valence-electron chi connectivity index (χ4n) is 5.69. The number of rotatable bonds is 24. The lowest BCUT2D eigenvalue weighted by Crippen LogP contribution is -2.55. The first-order valence-electron chi connectivity index (χ1n) is 17.5. The van der Waals surface area contributed by atoms with E-state index in [1.165, 1.54) is 69.2 Å². The van der Waals surface area contributed by atoms with Gasteiger partial charge in [0.15, 0.2) is 1.43 Å². The third kappa shape index (κ3) is 17.5. The number of hydrazine groups is 1. The number of nitrogens with zero attached hydrogens (tertiary/aromatic N) is 1. The third-order valence-electron chi connectivity index (χ3n) is 8.50. The second-order valence-corrected chi connectivity index (χ2v) is 18.9. The zero-order valence-electron chi connectivity index (χ0n) is 29.1. The maximum Gasteiger partial charge on any atom is 0.276 e. The second kappa shape index (κ2) is 26.5. The Hall–Kier alpha value is -1.22. The summed E-state index contributed by atoms with van der Waals surface area (Å²) in [5, 5.41) is 40.8. The minimum atomic E-state index is -1.34. The normalized spacial score (nSPS) is 13.5. The van der Waals surface area contributed by atoms with Crippen LogP contribution in [-0.4, -0.2) is 68.2 Å². The van der Waals surface area contributed by atoms with E-state index in [2.05, 4.69) is 36.0 Å². The number of carbonyl (C=O) groups is 3. The minimum absolute atomic E-state index is 0.0274. The molecule has 2 atom stereocenters. The van der Waals surface area contributed by atoms with Crippen LogP contribution < -0.4 is 11.2 Å². The number of alkyl halides is 2. The van der Waals surface area contributed by atoms with E-state index < -0.39 is 50.0 Å². The van der Waals surface area contributed by atoms with Gasteiger partial charge in [-0.05, 0) is 62.1 Å². The van der Waals surface area contributed by atoms with Gasteiger partial charge in [-0.15, -0.1) is 0 Å². The molecule has 0 spiro atoms. The van der Waals surface area contributed by atoms with Gasteiger partial charge in [-0.3, -0.25) is 19.8 Å². The van der Waals surface area contributed by atoms with Crippen LogP contribution in [0.3, 0.4) is 0 Å². The molecule has 3 amide bonds. The fraction of sp³-hybridized carbons (Fsp3) is 0.649. The van der Waals surface area contributed by atoms with Crippen LogP contribution in [0.4, 0.5) is 0 Å². The van der Waals surface area contributed by atoms with Crippen molar-refractivity contribution < 1.29 is 34.8 Å². The summed E-state index contributed by atoms with van der Waals surface area (Å²) >= 11 is 5.62. The molecule has 0 bridgehead atoms. The third-order valence-corrected chi connectivity index (χ3v) is 12.4. The number of aliphatic hydroxyl groups is 4. The zero-order valence-corrected chi connectivity index (χ0v) is 35.5. The summed E-state index contributed by atoms with van der Waals surface area (Å²) in [6, 6.07) is 5.79. The van der Waals surface area contributed by atoms with Gasteiger partial charge in [-0.2, -0.15) is 3.22 Å². The van der Waals surface area contributed by atoms with Gasteiger partial charge >= 0.3 is 0 Å². The van der Waals surface area contributed by atoms with E-state index in [4.69, 9.17) is 5.73 Å². The van der Waals surface area contributed by atoms with Crippen molar-refractivity contribution in [3.05, 3.63) is 35.4 Å². The molecule has 1 rings (SSSR count). The van der Waals surface area contributed by atoms with Gasteiger partial charge in [0.05, 0.1) is 48.3 Å². The number of carbonyl (C=O) groups excluding carboxylic acids is 3. The van der Waals surface area contributed by atoms with Crippen LogP contribution in [0.5, 0.6) is 0 Å². The number of hydrogen-bond donors (Lipinski definition) is 6. The van der Waals surface area contributed by atoms with Gasteiger partial charge in [0.1, 0.15) is 0 Å². The zero-order chi connectivity index (χ0) is 37.4. The number of unbranched alkanes of at least 4 members (excludes halogenated alkanes) is 12. The summed E-state index contributed by atoms with van der Waals surface area (Å²) in [5.41, 5.74) is 7.04. The lowest BCUT2D eigenvalue weighted by molar-refractivity contribution is -0.130. The molecule has 0 fully saturated rings. The van der Waals surface area contributed by atoms with Gasteiger partial charge in [0, 0.05) is 29.4 Å². The number of benzene rings is 1. The van der Waals surface area contributed by atoms with Crippen LogP contribution in [0.25, 0.3) is 0 Å². The Bertz CT molecular complexity index is 1290. The molecule has 0 saturated heterocycles. The molecule has 1 aromatic carbocycles. The molecule has 13 heteroatoms. The Morgan fingerprint density at radius 2 is 1.30 bits per heavy atom. The Labute approximate surface area is 339 Å². The van der Waals surface area contributed by atoms with Crippen LogP contribution in [0.1, 0.15) is 137 Å². The number of amides is 3. The summed E-state index contributed by atoms with van der Waals surface area (Å²) < 4.78 is -0.324. The van der Waals surface area contributed by atoms with Gasteiger partial charge in [-0.1, -0.05) is 134 Å². The highest BCUT2D eigenvalue weighted by Gasteiger charge is 2.55. The first-order chi connectivity index (χ1) is 23.8. The molecule has 0 aliphatic rings. The van der Waals surface area contributed by atoms with Crippen molar-refractivity contribution >= 4 is 85.8 Å². The van der Waals surface area contributed by atoms with E-state index in [0.29, 0.717) is 12.8 Å². The van der Waals surface area contributed by atoms with E-state index in [-0.39, 0.29) is 24.0 Å². The monoisotopic (exact) mass is 1030 g/mol. The summed E-state index contributed by atoms with van der Waals surface area (Å²) in [5.74, 6) is 10.3. The molecule has 0 aliphatic heterocycles. The molecule has 0 aromatic heterocycles. The smallest absolute Gasteiger partial charge is 0.276 e. The van der Waals surface area contributed by atoms with E-state index in [1.807, 2.05) is 45.2 Å². The Balaban J connectivity index is 2.83. The average Bonchev–Trinajstić information content (AvgIpc) is 3.10. The number of aliphatic hydroxyl groups excluding tert-OH is 4. The van der Waals surface area contributed by atoms with Crippen LogP contribution in [0, 0.1) is 29.1 Å². The van der Waals surface area contributed by atoms with Crippen molar-refractivity contribution in [1.29, 1.82) is 0 Å². The van der Waals surface area contributed by atoms with E-state index in [1.54, 1.807) is 22.9 Å². The molecule has 0 saturated carbocycles. The number of nitrogens with one attached hydrogen (secondary N) is 1. The molecule has 2 unspecified atom stereocenters. The quantitative estimate of drug-likeness (QED) is 0.0171. The molecular formula is C37H54I3N3O7. The Morgan fingerprint density at radius 1 is 0.820 bits per heavy atom. The van der Waals surface area contributed by atoms with Crippen molar-refractivity contribution in [2.24, 2.45) is 11.1 Å². The molecule has 7 N–H and O–H groups in total. The van der Waals surface area contributed by atoms with E-state index in [0.717, 1.165) is 41.7 Å². The highest BCUT2D eigenvalue weighted by molar-refractivity contribution is 14.2. The second-order valence-electron chi connectivity index (χ2n) is 12.7. The molecular weight excluding hydrogens is 979 g/mol. The maximum absolute atomic E-state index is 14.0. The maximum atomic E-state index is 14.0. The number of halogens is 3. The number of nitrogens with two attached hydrogens (primary N) is 1. The van der Waals surface area contributed by atoms with Crippen LogP contribution in [0.15, 0.2) is 24.3 Å². The van der Waals surface area contributed by atoms with Crippen LogP contribution >= 0.6 is 68.0 Å². The molecule has 1 aromatic rings. The van der Waals surface area contributed by atoms with Gasteiger partial charge in [-0.25, -0.2) is 0 Å². The molecule has 0 aliphatic carbocycles. The Kier molecular flexibility index (Phi) is 24.8. The molecule has 280 valence electrons. The highest BCUT2D eigenvalue weighted by Crippen LogP contribution is 2.55. The molecule has 10 nitrogen and oxygen atoms in total. The average molecular weight is 1030 g/mol. The highest BCUT2D eigenvalue weighted by atomic mass is 127. The van der Waals surface area contributed by atoms with Gasteiger partial charge in [0.2, 0.25) is 5.91 Å². The van der Waals surface area contributed by atoms with Gasteiger partial charge in [0.25, 0.3) is 11.8 Å². The summed E-state index contributed by atoms with van der Waals surface area (Å²) in [6.45, 7) is 1.14. The topological polar surface area (TPSA) is 173 Å².